The van der Waals surface area contributed by atoms with Gasteiger partial charge in [0.25, 0.3) is 0 Å². The quantitative estimate of drug-likeness (QED) is 0.713. The van der Waals surface area contributed by atoms with Crippen LogP contribution in [0.15, 0.2) is 24.3 Å². The molecule has 0 amide bonds. The molecule has 0 spiro atoms. The Bertz CT molecular complexity index is 344. The zero-order valence-electron chi connectivity index (χ0n) is 9.70. The van der Waals surface area contributed by atoms with Crippen molar-refractivity contribution in [3.05, 3.63) is 35.4 Å². The molecule has 0 atom stereocenters. The molecule has 0 unspecified atom stereocenters. The van der Waals surface area contributed by atoms with Gasteiger partial charge in [-0.1, -0.05) is 25.1 Å². The van der Waals surface area contributed by atoms with E-state index >= 15 is 0 Å². The standard InChI is InChI=1S/C13H18N2O/c1-2-7-15-8-9-16-11-13-6-4-3-5-12(13)10-14/h3-6,15H,2,7-9,11H2,1H3. The second kappa shape index (κ2) is 7.86. The number of hydrogen-bond acceptors (Lipinski definition) is 3. The maximum absolute atomic E-state index is 8.87. The van der Waals surface area contributed by atoms with Crippen LogP contribution in [0.25, 0.3) is 0 Å². The fraction of sp³-hybridized carbons (Fsp3) is 0.462. The third-order valence-corrected chi connectivity index (χ3v) is 2.25. The first-order valence-electron chi connectivity index (χ1n) is 5.65. The van der Waals surface area contributed by atoms with E-state index in [0.29, 0.717) is 18.8 Å². The van der Waals surface area contributed by atoms with E-state index in [1.54, 1.807) is 0 Å². The van der Waals surface area contributed by atoms with Gasteiger partial charge in [0.2, 0.25) is 0 Å². The van der Waals surface area contributed by atoms with Crippen molar-refractivity contribution < 1.29 is 4.74 Å². The van der Waals surface area contributed by atoms with E-state index in [0.717, 1.165) is 25.1 Å². The summed E-state index contributed by atoms with van der Waals surface area (Å²) in [6, 6.07) is 9.69. The Morgan fingerprint density at radius 3 is 2.88 bits per heavy atom. The minimum absolute atomic E-state index is 0.511. The van der Waals surface area contributed by atoms with Gasteiger partial charge < -0.3 is 10.1 Å². The molecular weight excluding hydrogens is 200 g/mol. The molecule has 1 rings (SSSR count). The molecule has 1 N–H and O–H groups in total. The van der Waals surface area contributed by atoms with Gasteiger partial charge in [-0.05, 0) is 24.6 Å². The van der Waals surface area contributed by atoms with Gasteiger partial charge in [0.05, 0.1) is 24.8 Å². The van der Waals surface area contributed by atoms with Crippen molar-refractivity contribution >= 4 is 0 Å². The molecule has 0 radical (unpaired) electrons. The monoisotopic (exact) mass is 218 g/mol. The maximum Gasteiger partial charge on any atom is 0.0995 e. The van der Waals surface area contributed by atoms with E-state index < -0.39 is 0 Å². The lowest BCUT2D eigenvalue weighted by molar-refractivity contribution is 0.122. The molecule has 0 aromatic heterocycles. The molecule has 86 valence electrons. The first kappa shape index (κ1) is 12.7. The van der Waals surface area contributed by atoms with Gasteiger partial charge in [0.1, 0.15) is 0 Å². The molecule has 0 heterocycles. The number of nitriles is 1. The van der Waals surface area contributed by atoms with Crippen LogP contribution in [0.2, 0.25) is 0 Å². The first-order chi connectivity index (χ1) is 7.88. The van der Waals surface area contributed by atoms with E-state index in [1.165, 1.54) is 0 Å². The normalized spacial score (nSPS) is 10.0. The molecule has 0 aliphatic heterocycles. The van der Waals surface area contributed by atoms with E-state index in [1.807, 2.05) is 24.3 Å². The molecule has 1 aromatic rings. The highest BCUT2D eigenvalue weighted by atomic mass is 16.5. The van der Waals surface area contributed by atoms with E-state index in [-0.39, 0.29) is 0 Å². The largest absolute Gasteiger partial charge is 0.375 e. The highest BCUT2D eigenvalue weighted by Crippen LogP contribution is 2.08. The Balaban J connectivity index is 2.24. The SMILES string of the molecule is CCCNCCOCc1ccccc1C#N. The third kappa shape index (κ3) is 4.43. The van der Waals surface area contributed by atoms with Crippen molar-refractivity contribution in [2.75, 3.05) is 19.7 Å². The minimum atomic E-state index is 0.511. The number of hydrogen-bond donors (Lipinski definition) is 1. The molecule has 0 saturated heterocycles. The Morgan fingerprint density at radius 1 is 1.31 bits per heavy atom. The predicted octanol–water partition coefficient (Wildman–Crippen LogP) is 2.07. The van der Waals surface area contributed by atoms with Crippen molar-refractivity contribution in [3.8, 4) is 6.07 Å². The summed E-state index contributed by atoms with van der Waals surface area (Å²) in [7, 11) is 0. The maximum atomic E-state index is 8.87. The molecule has 0 fully saturated rings. The summed E-state index contributed by atoms with van der Waals surface area (Å²) in [5.74, 6) is 0. The third-order valence-electron chi connectivity index (χ3n) is 2.25. The van der Waals surface area contributed by atoms with Crippen LogP contribution in [0.4, 0.5) is 0 Å². The van der Waals surface area contributed by atoms with E-state index in [9.17, 15) is 0 Å². The number of ether oxygens (including phenoxy) is 1. The van der Waals surface area contributed by atoms with Crippen molar-refractivity contribution in [2.45, 2.75) is 20.0 Å². The van der Waals surface area contributed by atoms with Crippen LogP contribution in [0.5, 0.6) is 0 Å². The van der Waals surface area contributed by atoms with Crippen LogP contribution in [0.1, 0.15) is 24.5 Å². The summed E-state index contributed by atoms with van der Waals surface area (Å²) >= 11 is 0. The van der Waals surface area contributed by atoms with Gasteiger partial charge in [-0.25, -0.2) is 0 Å². The minimum Gasteiger partial charge on any atom is -0.375 e. The topological polar surface area (TPSA) is 45.0 Å². The molecule has 0 aliphatic rings. The van der Waals surface area contributed by atoms with Gasteiger partial charge in [-0.2, -0.15) is 5.26 Å². The molecular formula is C13H18N2O. The lowest BCUT2D eigenvalue weighted by Crippen LogP contribution is -2.20. The van der Waals surface area contributed by atoms with Gasteiger partial charge in [0, 0.05) is 6.54 Å². The average Bonchev–Trinajstić information content (AvgIpc) is 2.34. The van der Waals surface area contributed by atoms with Crippen LogP contribution in [-0.4, -0.2) is 19.7 Å². The van der Waals surface area contributed by atoms with Gasteiger partial charge in [-0.3, -0.25) is 0 Å². The van der Waals surface area contributed by atoms with E-state index in [2.05, 4.69) is 18.3 Å². The molecule has 16 heavy (non-hydrogen) atoms. The van der Waals surface area contributed by atoms with E-state index in [4.69, 9.17) is 10.00 Å². The summed E-state index contributed by atoms with van der Waals surface area (Å²) in [5, 5.41) is 12.1. The van der Waals surface area contributed by atoms with Gasteiger partial charge >= 0.3 is 0 Å². The Labute approximate surface area is 97.0 Å². The Morgan fingerprint density at radius 2 is 2.12 bits per heavy atom. The van der Waals surface area contributed by atoms with Crippen molar-refractivity contribution in [1.29, 1.82) is 5.26 Å². The Kier molecular flexibility index (Phi) is 6.24. The first-order valence-corrected chi connectivity index (χ1v) is 5.65. The second-order valence-corrected chi connectivity index (χ2v) is 3.57. The van der Waals surface area contributed by atoms with Crippen molar-refractivity contribution in [3.63, 3.8) is 0 Å². The smallest absolute Gasteiger partial charge is 0.0995 e. The highest BCUT2D eigenvalue weighted by molar-refractivity contribution is 5.36. The highest BCUT2D eigenvalue weighted by Gasteiger charge is 1.99. The number of nitrogens with one attached hydrogen (secondary N) is 1. The second-order valence-electron chi connectivity index (χ2n) is 3.57. The van der Waals surface area contributed by atoms with Crippen LogP contribution >= 0.6 is 0 Å². The molecule has 1 aromatic carbocycles. The fourth-order valence-electron chi connectivity index (χ4n) is 1.38. The van der Waals surface area contributed by atoms with Crippen LogP contribution < -0.4 is 5.32 Å². The van der Waals surface area contributed by atoms with Gasteiger partial charge in [0.15, 0.2) is 0 Å². The summed E-state index contributed by atoms with van der Waals surface area (Å²) in [4.78, 5) is 0. The molecule has 0 saturated carbocycles. The lowest BCUT2D eigenvalue weighted by atomic mass is 10.1. The van der Waals surface area contributed by atoms with Crippen molar-refractivity contribution in [2.24, 2.45) is 0 Å². The number of rotatable bonds is 7. The summed E-state index contributed by atoms with van der Waals surface area (Å²) in [6.45, 7) is 5.22. The fourth-order valence-corrected chi connectivity index (χ4v) is 1.38. The van der Waals surface area contributed by atoms with Crippen LogP contribution in [0, 0.1) is 11.3 Å². The van der Waals surface area contributed by atoms with Gasteiger partial charge in [-0.15, -0.1) is 0 Å². The predicted molar refractivity (Wildman–Crippen MR) is 64.0 cm³/mol. The average molecular weight is 218 g/mol. The summed E-state index contributed by atoms with van der Waals surface area (Å²) in [5.41, 5.74) is 1.66. The van der Waals surface area contributed by atoms with Crippen LogP contribution in [-0.2, 0) is 11.3 Å². The summed E-state index contributed by atoms with van der Waals surface area (Å²) in [6.07, 6.45) is 1.14. The zero-order chi connectivity index (χ0) is 11.6. The Hall–Kier alpha value is -1.37. The molecule has 3 heteroatoms. The molecule has 0 aliphatic carbocycles. The zero-order valence-corrected chi connectivity index (χ0v) is 9.70. The van der Waals surface area contributed by atoms with Crippen LogP contribution in [0.3, 0.4) is 0 Å². The molecule has 0 bridgehead atoms. The molecule has 3 nitrogen and oxygen atoms in total. The van der Waals surface area contributed by atoms with Crippen molar-refractivity contribution in [1.82, 2.24) is 5.32 Å². The number of nitrogens with zero attached hydrogens (tertiary/aromatic N) is 1. The number of benzene rings is 1. The summed E-state index contributed by atoms with van der Waals surface area (Å²) < 4.78 is 5.50. The lowest BCUT2D eigenvalue weighted by Gasteiger charge is -2.06.